The molecule has 0 unspecified atom stereocenters. The van der Waals surface area contributed by atoms with Gasteiger partial charge in [-0.2, -0.15) is 13.2 Å². The fraction of sp³-hybridized carbons (Fsp3) is 0.538. The zero-order valence-electron chi connectivity index (χ0n) is 11.1. The number of halogens is 3. The van der Waals surface area contributed by atoms with Crippen molar-refractivity contribution in [2.45, 2.75) is 38.4 Å². The third-order valence-corrected chi connectivity index (χ3v) is 3.56. The summed E-state index contributed by atoms with van der Waals surface area (Å²) in [5.74, 6) is 0.423. The van der Waals surface area contributed by atoms with Crippen LogP contribution in [0.5, 0.6) is 0 Å². The van der Waals surface area contributed by atoms with Gasteiger partial charge in [0.1, 0.15) is 5.56 Å². The number of rotatable bonds is 4. The number of nitrogens with one attached hydrogen (secondary N) is 1. The van der Waals surface area contributed by atoms with Gasteiger partial charge < -0.3 is 5.32 Å². The van der Waals surface area contributed by atoms with Crippen LogP contribution in [0.2, 0.25) is 0 Å². The number of benzene rings is 1. The Morgan fingerprint density at radius 3 is 2.35 bits per heavy atom. The van der Waals surface area contributed by atoms with Crippen LogP contribution in [0.1, 0.15) is 32.3 Å². The molecule has 0 spiro atoms. The van der Waals surface area contributed by atoms with Crippen LogP contribution in [0.3, 0.4) is 0 Å². The topological polar surface area (TPSA) is 55.2 Å². The van der Waals surface area contributed by atoms with E-state index in [2.05, 4.69) is 5.32 Å². The molecule has 2 rings (SSSR count). The van der Waals surface area contributed by atoms with Crippen molar-refractivity contribution in [2.75, 3.05) is 5.32 Å². The Kier molecular flexibility index (Phi) is 3.39. The van der Waals surface area contributed by atoms with Gasteiger partial charge in [0, 0.05) is 17.3 Å². The van der Waals surface area contributed by atoms with Gasteiger partial charge in [-0.1, -0.05) is 0 Å². The highest BCUT2D eigenvalue weighted by atomic mass is 19.4. The lowest BCUT2D eigenvalue weighted by Crippen LogP contribution is -2.33. The Balaban J connectivity index is 2.34. The van der Waals surface area contributed by atoms with Gasteiger partial charge in [-0.25, -0.2) is 0 Å². The number of alkyl halides is 3. The molecule has 110 valence electrons. The van der Waals surface area contributed by atoms with Crippen LogP contribution in [-0.4, -0.2) is 10.5 Å². The van der Waals surface area contributed by atoms with Crippen molar-refractivity contribution in [2.24, 2.45) is 5.92 Å². The fourth-order valence-corrected chi connectivity index (χ4v) is 2.28. The second-order valence-electron chi connectivity index (χ2n) is 5.61. The number of anilines is 1. The first kappa shape index (κ1) is 14.6. The molecule has 0 saturated heterocycles. The van der Waals surface area contributed by atoms with Gasteiger partial charge in [0.25, 0.3) is 5.69 Å². The zero-order chi connectivity index (χ0) is 15.1. The van der Waals surface area contributed by atoms with Gasteiger partial charge >= 0.3 is 6.18 Å². The molecular weight excluding hydrogens is 273 g/mol. The van der Waals surface area contributed by atoms with Crippen LogP contribution < -0.4 is 5.32 Å². The molecule has 0 radical (unpaired) electrons. The number of hydrogen-bond donors (Lipinski definition) is 1. The third-order valence-electron chi connectivity index (χ3n) is 3.56. The maximum Gasteiger partial charge on any atom is 0.423 e. The maximum absolute atomic E-state index is 12.9. The lowest BCUT2D eigenvalue weighted by Gasteiger charge is -2.28. The van der Waals surface area contributed by atoms with E-state index in [0.29, 0.717) is 5.92 Å². The average molecular weight is 288 g/mol. The average Bonchev–Trinajstić information content (AvgIpc) is 3.10. The summed E-state index contributed by atoms with van der Waals surface area (Å²) in [6.07, 6.45) is -2.66. The zero-order valence-corrected chi connectivity index (χ0v) is 11.1. The molecule has 0 bridgehead atoms. The lowest BCUT2D eigenvalue weighted by atomic mass is 9.98. The van der Waals surface area contributed by atoms with E-state index in [4.69, 9.17) is 0 Å². The van der Waals surface area contributed by atoms with Gasteiger partial charge in [0.05, 0.1) is 4.92 Å². The molecule has 20 heavy (non-hydrogen) atoms. The van der Waals surface area contributed by atoms with Crippen LogP contribution >= 0.6 is 0 Å². The van der Waals surface area contributed by atoms with E-state index < -0.39 is 22.4 Å². The van der Waals surface area contributed by atoms with E-state index in [0.717, 1.165) is 25.0 Å². The SMILES string of the molecule is CC(C)(Nc1ccc([N+](=O)[O-])c(C(F)(F)F)c1)C1CC1. The molecule has 1 aliphatic rings. The van der Waals surface area contributed by atoms with Crippen molar-refractivity contribution >= 4 is 11.4 Å². The first-order valence-electron chi connectivity index (χ1n) is 6.25. The summed E-state index contributed by atoms with van der Waals surface area (Å²) >= 11 is 0. The Morgan fingerprint density at radius 1 is 1.30 bits per heavy atom. The molecule has 1 N–H and O–H groups in total. The van der Waals surface area contributed by atoms with Crippen molar-refractivity contribution in [1.82, 2.24) is 0 Å². The normalized spacial score (nSPS) is 16.1. The summed E-state index contributed by atoms with van der Waals surface area (Å²) in [5, 5.41) is 13.7. The molecule has 0 amide bonds. The predicted octanol–water partition coefficient (Wildman–Crippen LogP) is 4.21. The van der Waals surface area contributed by atoms with Crippen molar-refractivity contribution in [1.29, 1.82) is 0 Å². The summed E-state index contributed by atoms with van der Waals surface area (Å²) in [7, 11) is 0. The second-order valence-corrected chi connectivity index (χ2v) is 5.61. The Bertz CT molecular complexity index is 537. The Labute approximate surface area is 114 Å². The number of hydrogen-bond acceptors (Lipinski definition) is 3. The quantitative estimate of drug-likeness (QED) is 0.667. The first-order valence-corrected chi connectivity index (χ1v) is 6.25. The van der Waals surface area contributed by atoms with Crippen LogP contribution in [0.4, 0.5) is 24.5 Å². The van der Waals surface area contributed by atoms with Crippen LogP contribution in [-0.2, 0) is 6.18 Å². The van der Waals surface area contributed by atoms with Crippen molar-refractivity contribution < 1.29 is 18.1 Å². The summed E-state index contributed by atoms with van der Waals surface area (Å²) in [6.45, 7) is 3.83. The molecule has 1 aromatic carbocycles. The molecule has 1 fully saturated rings. The molecule has 4 nitrogen and oxygen atoms in total. The lowest BCUT2D eigenvalue weighted by molar-refractivity contribution is -0.388. The fourth-order valence-electron chi connectivity index (χ4n) is 2.28. The van der Waals surface area contributed by atoms with Gasteiger partial charge in [-0.15, -0.1) is 0 Å². The smallest absolute Gasteiger partial charge is 0.380 e. The highest BCUT2D eigenvalue weighted by Gasteiger charge is 2.40. The van der Waals surface area contributed by atoms with E-state index in [-0.39, 0.29) is 11.2 Å². The maximum atomic E-state index is 12.9. The molecule has 1 saturated carbocycles. The van der Waals surface area contributed by atoms with Crippen molar-refractivity contribution in [3.63, 3.8) is 0 Å². The van der Waals surface area contributed by atoms with Crippen molar-refractivity contribution in [3.8, 4) is 0 Å². The Hall–Kier alpha value is -1.79. The summed E-state index contributed by atoms with van der Waals surface area (Å²) < 4.78 is 38.6. The highest BCUT2D eigenvalue weighted by molar-refractivity contribution is 5.56. The van der Waals surface area contributed by atoms with Crippen LogP contribution in [0, 0.1) is 16.0 Å². The van der Waals surface area contributed by atoms with Gasteiger partial charge in [0.15, 0.2) is 0 Å². The summed E-state index contributed by atoms with van der Waals surface area (Å²) in [6, 6.07) is 3.02. The minimum atomic E-state index is -4.75. The molecule has 0 aliphatic heterocycles. The van der Waals surface area contributed by atoms with E-state index in [1.165, 1.54) is 6.07 Å². The predicted molar refractivity (Wildman–Crippen MR) is 68.5 cm³/mol. The molecular formula is C13H15F3N2O2. The van der Waals surface area contributed by atoms with Crippen molar-refractivity contribution in [3.05, 3.63) is 33.9 Å². The third kappa shape index (κ3) is 3.02. The monoisotopic (exact) mass is 288 g/mol. The minimum Gasteiger partial charge on any atom is -0.380 e. The van der Waals surface area contributed by atoms with Crippen LogP contribution in [0.15, 0.2) is 18.2 Å². The summed E-state index contributed by atoms with van der Waals surface area (Å²) in [4.78, 5) is 9.65. The second kappa shape index (κ2) is 4.64. The number of nitro benzene ring substituents is 1. The minimum absolute atomic E-state index is 0.250. The van der Waals surface area contributed by atoms with E-state index in [1.807, 2.05) is 13.8 Å². The van der Waals surface area contributed by atoms with E-state index >= 15 is 0 Å². The standard InChI is InChI=1S/C13H15F3N2O2/c1-12(2,8-3-4-8)17-9-5-6-11(18(19)20)10(7-9)13(14,15)16/h5-8,17H,3-4H2,1-2H3. The van der Waals surface area contributed by atoms with E-state index in [9.17, 15) is 23.3 Å². The Morgan fingerprint density at radius 2 is 1.90 bits per heavy atom. The molecule has 7 heteroatoms. The largest absolute Gasteiger partial charge is 0.423 e. The molecule has 1 aromatic rings. The number of nitrogens with zero attached hydrogens (tertiary/aromatic N) is 1. The van der Waals surface area contributed by atoms with Gasteiger partial charge in [-0.3, -0.25) is 10.1 Å². The summed E-state index contributed by atoms with van der Waals surface area (Å²) in [5.41, 5.74) is -2.22. The first-order chi connectivity index (χ1) is 9.11. The molecule has 0 heterocycles. The molecule has 0 atom stereocenters. The van der Waals surface area contributed by atoms with E-state index in [1.54, 1.807) is 0 Å². The highest BCUT2D eigenvalue weighted by Crippen LogP contribution is 2.42. The molecule has 0 aromatic heterocycles. The van der Waals surface area contributed by atoms with Crippen LogP contribution in [0.25, 0.3) is 0 Å². The number of nitro groups is 1. The molecule has 1 aliphatic carbocycles. The van der Waals surface area contributed by atoms with Gasteiger partial charge in [-0.05, 0) is 44.7 Å². The van der Waals surface area contributed by atoms with Gasteiger partial charge in [0.2, 0.25) is 0 Å².